The molecule has 0 saturated carbocycles. The van der Waals surface area contributed by atoms with E-state index in [1.54, 1.807) is 58.3 Å². The molecule has 29 heavy (non-hydrogen) atoms. The number of carbonyl (C=O) groups is 2. The van der Waals surface area contributed by atoms with Crippen molar-refractivity contribution in [2.45, 2.75) is 19.8 Å². The molecule has 6 nitrogen and oxygen atoms in total. The van der Waals surface area contributed by atoms with Gasteiger partial charge in [-0.3, -0.25) is 9.59 Å². The lowest BCUT2D eigenvalue weighted by Crippen LogP contribution is -2.38. The molecule has 1 fully saturated rings. The second-order valence-electron chi connectivity index (χ2n) is 6.71. The molecule has 1 atom stereocenters. The van der Waals surface area contributed by atoms with Crippen LogP contribution in [-0.2, 0) is 9.59 Å². The standard InChI is InChI=1S/C22H22ClN3O3/c1-2-29-20-10-8-18(9-11-20)25(13-3-12-24)22(28)16-14-21(27)26(15-16)19-6-4-17(23)5-7-19/h4-11,16H,2-3,13-15H2,1H3. The van der Waals surface area contributed by atoms with E-state index in [1.165, 1.54) is 0 Å². The van der Waals surface area contributed by atoms with Crippen LogP contribution < -0.4 is 14.5 Å². The number of nitriles is 1. The minimum absolute atomic E-state index is 0.0994. The summed E-state index contributed by atoms with van der Waals surface area (Å²) in [6.45, 7) is 3.04. The van der Waals surface area contributed by atoms with Crippen molar-refractivity contribution in [2.24, 2.45) is 5.92 Å². The quantitative estimate of drug-likeness (QED) is 0.689. The summed E-state index contributed by atoms with van der Waals surface area (Å²) in [5.74, 6) is -0.0100. The third-order valence-corrected chi connectivity index (χ3v) is 5.04. The van der Waals surface area contributed by atoms with Gasteiger partial charge >= 0.3 is 0 Å². The maximum absolute atomic E-state index is 13.2. The maximum Gasteiger partial charge on any atom is 0.232 e. The molecular formula is C22H22ClN3O3. The van der Waals surface area contributed by atoms with Crippen LogP contribution in [-0.4, -0.2) is 31.5 Å². The van der Waals surface area contributed by atoms with E-state index < -0.39 is 5.92 Å². The second kappa shape index (κ2) is 9.44. The van der Waals surface area contributed by atoms with Crippen molar-refractivity contribution in [2.75, 3.05) is 29.5 Å². The number of rotatable bonds is 7. The Morgan fingerprint density at radius 2 is 1.93 bits per heavy atom. The van der Waals surface area contributed by atoms with Gasteiger partial charge in [0.25, 0.3) is 0 Å². The number of halogens is 1. The summed E-state index contributed by atoms with van der Waals surface area (Å²) in [5.41, 5.74) is 1.41. The van der Waals surface area contributed by atoms with Crippen molar-refractivity contribution < 1.29 is 14.3 Å². The number of hydrogen-bond donors (Lipinski definition) is 0. The van der Waals surface area contributed by atoms with Crippen LogP contribution in [0.4, 0.5) is 11.4 Å². The van der Waals surface area contributed by atoms with Gasteiger partial charge in [0.05, 0.1) is 25.0 Å². The molecule has 2 amide bonds. The molecule has 0 bridgehead atoms. The van der Waals surface area contributed by atoms with Gasteiger partial charge < -0.3 is 14.5 Å². The molecule has 1 aliphatic heterocycles. The van der Waals surface area contributed by atoms with E-state index in [4.69, 9.17) is 21.6 Å². The van der Waals surface area contributed by atoms with Crippen molar-refractivity contribution in [3.63, 3.8) is 0 Å². The Bertz CT molecular complexity index is 906. The highest BCUT2D eigenvalue weighted by atomic mass is 35.5. The number of benzene rings is 2. The Morgan fingerprint density at radius 1 is 1.24 bits per heavy atom. The normalized spacial score (nSPS) is 15.8. The van der Waals surface area contributed by atoms with Gasteiger partial charge in [-0.1, -0.05) is 11.6 Å². The van der Waals surface area contributed by atoms with Crippen LogP contribution >= 0.6 is 11.6 Å². The fraction of sp³-hybridized carbons (Fsp3) is 0.318. The summed E-state index contributed by atoms with van der Waals surface area (Å²) in [7, 11) is 0. The lowest BCUT2D eigenvalue weighted by atomic mass is 10.1. The smallest absolute Gasteiger partial charge is 0.232 e. The summed E-state index contributed by atoms with van der Waals surface area (Å²) in [4.78, 5) is 28.9. The molecule has 0 aliphatic carbocycles. The molecule has 0 N–H and O–H groups in total. The first-order chi connectivity index (χ1) is 14.0. The summed E-state index contributed by atoms with van der Waals surface area (Å²) < 4.78 is 5.45. The van der Waals surface area contributed by atoms with E-state index in [1.807, 2.05) is 6.92 Å². The van der Waals surface area contributed by atoms with Gasteiger partial charge in [-0.15, -0.1) is 0 Å². The topological polar surface area (TPSA) is 73.6 Å². The molecule has 2 aromatic carbocycles. The first-order valence-electron chi connectivity index (χ1n) is 9.50. The van der Waals surface area contributed by atoms with Crippen molar-refractivity contribution in [1.29, 1.82) is 5.26 Å². The summed E-state index contributed by atoms with van der Waals surface area (Å²) in [6.07, 6.45) is 0.349. The van der Waals surface area contributed by atoms with Crippen LogP contribution in [0, 0.1) is 17.2 Å². The average Bonchev–Trinajstić information content (AvgIpc) is 3.12. The number of ether oxygens (including phenoxy) is 1. The minimum Gasteiger partial charge on any atom is -0.494 e. The van der Waals surface area contributed by atoms with E-state index in [2.05, 4.69) is 6.07 Å². The molecule has 2 aromatic rings. The Morgan fingerprint density at radius 3 is 2.55 bits per heavy atom. The predicted molar refractivity (Wildman–Crippen MR) is 112 cm³/mol. The van der Waals surface area contributed by atoms with Gasteiger partial charge in [-0.2, -0.15) is 5.26 Å². The SMILES string of the molecule is CCOc1ccc(N(CCC#N)C(=O)C2CC(=O)N(c3ccc(Cl)cc3)C2)cc1. The number of anilines is 2. The zero-order chi connectivity index (χ0) is 20.8. The van der Waals surface area contributed by atoms with E-state index in [9.17, 15) is 9.59 Å². The van der Waals surface area contributed by atoms with Crippen molar-refractivity contribution >= 4 is 34.8 Å². The Kier molecular flexibility index (Phi) is 6.73. The molecule has 0 spiro atoms. The summed E-state index contributed by atoms with van der Waals surface area (Å²) >= 11 is 5.92. The maximum atomic E-state index is 13.2. The van der Waals surface area contributed by atoms with Crippen LogP contribution in [0.2, 0.25) is 5.02 Å². The highest BCUT2D eigenvalue weighted by Gasteiger charge is 2.37. The third kappa shape index (κ3) is 4.87. The number of nitrogens with zero attached hydrogens (tertiary/aromatic N) is 3. The van der Waals surface area contributed by atoms with E-state index in [-0.39, 0.29) is 31.2 Å². The lowest BCUT2D eigenvalue weighted by molar-refractivity contribution is -0.124. The highest BCUT2D eigenvalue weighted by Crippen LogP contribution is 2.29. The number of hydrogen-bond acceptors (Lipinski definition) is 4. The molecule has 0 radical (unpaired) electrons. The summed E-state index contributed by atoms with van der Waals surface area (Å²) in [5, 5.41) is 9.59. The van der Waals surface area contributed by atoms with Crippen molar-refractivity contribution in [1.82, 2.24) is 0 Å². The fourth-order valence-corrected chi connectivity index (χ4v) is 3.51. The van der Waals surface area contributed by atoms with Gasteiger partial charge in [-0.25, -0.2) is 0 Å². The first-order valence-corrected chi connectivity index (χ1v) is 9.88. The molecule has 0 aromatic heterocycles. The van der Waals surface area contributed by atoms with Gasteiger partial charge in [0.1, 0.15) is 5.75 Å². The largest absolute Gasteiger partial charge is 0.494 e. The van der Waals surface area contributed by atoms with E-state index in [0.29, 0.717) is 29.6 Å². The number of carbonyl (C=O) groups excluding carboxylic acids is 2. The second-order valence-corrected chi connectivity index (χ2v) is 7.14. The molecule has 7 heteroatoms. The average molecular weight is 412 g/mol. The van der Waals surface area contributed by atoms with Crippen LogP contribution in [0.15, 0.2) is 48.5 Å². The first kappa shape index (κ1) is 20.7. The number of amides is 2. The van der Waals surface area contributed by atoms with E-state index >= 15 is 0 Å². The van der Waals surface area contributed by atoms with Crippen LogP contribution in [0.25, 0.3) is 0 Å². The van der Waals surface area contributed by atoms with Crippen LogP contribution in [0.5, 0.6) is 5.75 Å². The van der Waals surface area contributed by atoms with E-state index in [0.717, 1.165) is 5.69 Å². The minimum atomic E-state index is -0.469. The predicted octanol–water partition coefficient (Wildman–Crippen LogP) is 4.04. The van der Waals surface area contributed by atoms with Gasteiger partial charge in [0.15, 0.2) is 0 Å². The molecule has 1 heterocycles. The van der Waals surface area contributed by atoms with Gasteiger partial charge in [0.2, 0.25) is 11.8 Å². The Hall–Kier alpha value is -3.04. The third-order valence-electron chi connectivity index (χ3n) is 4.79. The zero-order valence-corrected chi connectivity index (χ0v) is 16.9. The molecular weight excluding hydrogens is 390 g/mol. The molecule has 1 aliphatic rings. The van der Waals surface area contributed by atoms with Crippen LogP contribution in [0.1, 0.15) is 19.8 Å². The monoisotopic (exact) mass is 411 g/mol. The molecule has 1 saturated heterocycles. The van der Waals surface area contributed by atoms with Crippen LogP contribution in [0.3, 0.4) is 0 Å². The molecule has 1 unspecified atom stereocenters. The molecule has 3 rings (SSSR count). The van der Waals surface area contributed by atoms with Crippen molar-refractivity contribution in [3.8, 4) is 11.8 Å². The zero-order valence-electron chi connectivity index (χ0n) is 16.2. The lowest BCUT2D eigenvalue weighted by Gasteiger charge is -2.25. The van der Waals surface area contributed by atoms with Gasteiger partial charge in [0, 0.05) is 35.9 Å². The van der Waals surface area contributed by atoms with Crippen molar-refractivity contribution in [3.05, 3.63) is 53.6 Å². The Labute approximate surface area is 175 Å². The highest BCUT2D eigenvalue weighted by molar-refractivity contribution is 6.30. The van der Waals surface area contributed by atoms with Gasteiger partial charge in [-0.05, 0) is 55.5 Å². The molecule has 150 valence electrons. The summed E-state index contributed by atoms with van der Waals surface area (Å²) in [6, 6.07) is 16.3. The Balaban J connectivity index is 1.78. The fourth-order valence-electron chi connectivity index (χ4n) is 3.38.